The van der Waals surface area contributed by atoms with Crippen LogP contribution in [0.2, 0.25) is 5.02 Å². The monoisotopic (exact) mass is 458 g/mol. The van der Waals surface area contributed by atoms with Crippen molar-refractivity contribution in [2.75, 3.05) is 6.61 Å². The van der Waals surface area contributed by atoms with Crippen molar-refractivity contribution >= 4 is 23.4 Å². The number of oxazole rings is 1. The number of aliphatic hydroxyl groups is 2. The predicted molar refractivity (Wildman–Crippen MR) is 122 cm³/mol. The first kappa shape index (κ1) is 22.3. The van der Waals surface area contributed by atoms with Crippen LogP contribution < -0.4 is 0 Å². The first-order chi connectivity index (χ1) is 14.8. The van der Waals surface area contributed by atoms with Crippen LogP contribution in [0.4, 0.5) is 0 Å². The van der Waals surface area contributed by atoms with Crippen LogP contribution in [0.25, 0.3) is 11.3 Å². The third-order valence-electron chi connectivity index (χ3n) is 5.75. The fourth-order valence-electron chi connectivity index (χ4n) is 3.85. The molecular weight excluding hydrogens is 432 g/mol. The molecule has 7 heteroatoms. The van der Waals surface area contributed by atoms with Crippen LogP contribution in [0.1, 0.15) is 57.0 Å². The minimum atomic E-state index is -1.00. The van der Waals surface area contributed by atoms with Crippen molar-refractivity contribution in [2.45, 2.75) is 61.0 Å². The van der Waals surface area contributed by atoms with Crippen LogP contribution in [0, 0.1) is 5.92 Å². The van der Waals surface area contributed by atoms with Crippen LogP contribution in [0.15, 0.2) is 57.0 Å². The molecule has 1 aliphatic rings. The van der Waals surface area contributed by atoms with Gasteiger partial charge in [0.2, 0.25) is 0 Å². The molecule has 2 heterocycles. The highest BCUT2D eigenvalue weighted by atomic mass is 35.5. The van der Waals surface area contributed by atoms with Crippen molar-refractivity contribution < 1.29 is 14.6 Å². The molecule has 2 N–H and O–H groups in total. The molecule has 0 aliphatic heterocycles. The van der Waals surface area contributed by atoms with Gasteiger partial charge in [0.15, 0.2) is 11.0 Å². The van der Waals surface area contributed by atoms with Crippen LogP contribution in [-0.2, 0) is 5.60 Å². The number of hydrogen-bond acceptors (Lipinski definition) is 6. The summed E-state index contributed by atoms with van der Waals surface area (Å²) in [5.41, 5.74) is 1.21. The molecular formula is C24H27ClN2O3S. The largest absolute Gasteiger partial charge is 0.433 e. The van der Waals surface area contributed by atoms with Crippen molar-refractivity contribution in [1.29, 1.82) is 0 Å². The molecule has 1 saturated carbocycles. The number of pyridine rings is 1. The van der Waals surface area contributed by atoms with Gasteiger partial charge in [-0.3, -0.25) is 4.98 Å². The number of aromatic nitrogens is 2. The highest BCUT2D eigenvalue weighted by Crippen LogP contribution is 2.42. The number of halogens is 1. The van der Waals surface area contributed by atoms with Gasteiger partial charge in [0.25, 0.3) is 0 Å². The fraction of sp³-hybridized carbons (Fsp3) is 0.417. The van der Waals surface area contributed by atoms with E-state index < -0.39 is 5.60 Å². The van der Waals surface area contributed by atoms with Gasteiger partial charge in [-0.2, -0.15) is 0 Å². The van der Waals surface area contributed by atoms with E-state index in [-0.39, 0.29) is 12.5 Å². The lowest BCUT2D eigenvalue weighted by molar-refractivity contribution is 0.0739. The number of nitrogens with zero attached hydrogens (tertiary/aromatic N) is 2. The zero-order chi connectivity index (χ0) is 22.0. The summed E-state index contributed by atoms with van der Waals surface area (Å²) in [6.07, 6.45) is 5.64. The first-order valence-electron chi connectivity index (χ1n) is 10.6. The minimum Gasteiger partial charge on any atom is -0.433 e. The van der Waals surface area contributed by atoms with E-state index in [1.165, 1.54) is 11.8 Å². The molecule has 0 spiro atoms. The summed E-state index contributed by atoms with van der Waals surface area (Å²) in [4.78, 5) is 10.3. The summed E-state index contributed by atoms with van der Waals surface area (Å²) in [6.45, 7) is 3.68. The van der Waals surface area contributed by atoms with E-state index >= 15 is 0 Å². The maximum atomic E-state index is 10.2. The number of hydrogen-bond donors (Lipinski definition) is 2. The summed E-state index contributed by atoms with van der Waals surface area (Å²) in [7, 11) is 0. The second kappa shape index (κ2) is 9.33. The standard InChI is InChI=1S/C24H27ClN2O3S/c1-24(2,29)20-12-7-17(13-26-20)21-23(31-19-10-8-18(25)9-11-19)30-22(27-21)16-5-3-15(14-28)4-6-16/h7-13,15-16,28-29H,3-6,14H2,1-2H3. The Hall–Kier alpha value is -1.86. The Morgan fingerprint density at radius 2 is 1.81 bits per heavy atom. The van der Waals surface area contributed by atoms with Crippen molar-refractivity contribution in [3.63, 3.8) is 0 Å². The van der Waals surface area contributed by atoms with Gasteiger partial charge in [-0.1, -0.05) is 11.6 Å². The van der Waals surface area contributed by atoms with Gasteiger partial charge in [0, 0.05) is 34.2 Å². The normalized spacial score (nSPS) is 19.5. The molecule has 3 aromatic rings. The van der Waals surface area contributed by atoms with E-state index in [1.807, 2.05) is 36.4 Å². The second-order valence-corrected chi connectivity index (χ2v) is 10.1. The molecule has 0 bridgehead atoms. The van der Waals surface area contributed by atoms with E-state index in [9.17, 15) is 10.2 Å². The molecule has 1 fully saturated rings. The van der Waals surface area contributed by atoms with E-state index in [2.05, 4.69) is 4.98 Å². The van der Waals surface area contributed by atoms with Gasteiger partial charge in [0.1, 0.15) is 11.3 Å². The molecule has 5 nitrogen and oxygen atoms in total. The lowest BCUT2D eigenvalue weighted by Crippen LogP contribution is -2.17. The molecule has 1 aromatic carbocycles. The highest BCUT2D eigenvalue weighted by molar-refractivity contribution is 7.99. The van der Waals surface area contributed by atoms with Crippen LogP contribution >= 0.6 is 23.4 Å². The third kappa shape index (κ3) is 5.32. The fourth-order valence-corrected chi connectivity index (χ4v) is 4.85. The topological polar surface area (TPSA) is 79.4 Å². The van der Waals surface area contributed by atoms with Gasteiger partial charge in [-0.05, 0) is 93.6 Å². The van der Waals surface area contributed by atoms with Gasteiger partial charge >= 0.3 is 0 Å². The van der Waals surface area contributed by atoms with Crippen LogP contribution in [0.5, 0.6) is 0 Å². The van der Waals surface area contributed by atoms with Gasteiger partial charge in [-0.15, -0.1) is 0 Å². The summed E-state index contributed by atoms with van der Waals surface area (Å²) in [6, 6.07) is 11.4. The highest BCUT2D eigenvalue weighted by Gasteiger charge is 2.28. The van der Waals surface area contributed by atoms with Crippen molar-refractivity contribution in [3.05, 3.63) is 59.2 Å². The number of aliphatic hydroxyl groups excluding tert-OH is 1. The van der Waals surface area contributed by atoms with Crippen LogP contribution in [-0.4, -0.2) is 26.8 Å². The maximum Gasteiger partial charge on any atom is 0.199 e. The zero-order valence-electron chi connectivity index (χ0n) is 17.7. The molecule has 31 heavy (non-hydrogen) atoms. The number of benzene rings is 1. The van der Waals surface area contributed by atoms with Crippen molar-refractivity contribution in [3.8, 4) is 11.3 Å². The summed E-state index contributed by atoms with van der Waals surface area (Å²) in [5, 5.41) is 21.1. The van der Waals surface area contributed by atoms with Gasteiger partial charge < -0.3 is 14.6 Å². The SMILES string of the molecule is CC(C)(O)c1ccc(-c2nc(C3CCC(CO)CC3)oc2Sc2ccc(Cl)cc2)cn1. The first-order valence-corrected chi connectivity index (χ1v) is 11.8. The van der Waals surface area contributed by atoms with E-state index in [1.54, 1.807) is 20.0 Å². The summed E-state index contributed by atoms with van der Waals surface area (Å²) < 4.78 is 6.29. The minimum absolute atomic E-state index is 0.250. The van der Waals surface area contributed by atoms with Crippen molar-refractivity contribution in [2.24, 2.45) is 5.92 Å². The van der Waals surface area contributed by atoms with Gasteiger partial charge in [0.05, 0.1) is 5.69 Å². The average molecular weight is 459 g/mol. The molecule has 164 valence electrons. The summed E-state index contributed by atoms with van der Waals surface area (Å²) >= 11 is 7.54. The molecule has 0 unspecified atom stereocenters. The third-order valence-corrected chi connectivity index (χ3v) is 6.98. The van der Waals surface area contributed by atoms with Crippen LogP contribution in [0.3, 0.4) is 0 Å². The Balaban J connectivity index is 1.66. The molecule has 4 rings (SSSR count). The lowest BCUT2D eigenvalue weighted by atomic mass is 9.82. The Kier molecular flexibility index (Phi) is 6.72. The molecule has 1 aliphatic carbocycles. The Morgan fingerprint density at radius 1 is 1.10 bits per heavy atom. The number of rotatable bonds is 6. The average Bonchev–Trinajstić information content (AvgIpc) is 3.18. The Morgan fingerprint density at radius 3 is 2.39 bits per heavy atom. The quantitative estimate of drug-likeness (QED) is 0.469. The molecule has 0 amide bonds. The van der Waals surface area contributed by atoms with E-state index in [0.717, 1.165) is 52.8 Å². The Labute approximate surface area is 191 Å². The molecule has 2 aromatic heterocycles. The van der Waals surface area contributed by atoms with Crippen molar-refractivity contribution in [1.82, 2.24) is 9.97 Å². The smallest absolute Gasteiger partial charge is 0.199 e. The zero-order valence-corrected chi connectivity index (χ0v) is 19.3. The van der Waals surface area contributed by atoms with E-state index in [0.29, 0.717) is 16.6 Å². The maximum absolute atomic E-state index is 10.2. The van der Waals surface area contributed by atoms with Gasteiger partial charge in [-0.25, -0.2) is 4.98 Å². The molecule has 0 atom stereocenters. The predicted octanol–water partition coefficient (Wildman–Crippen LogP) is 6.03. The summed E-state index contributed by atoms with van der Waals surface area (Å²) in [5.74, 6) is 1.38. The Bertz CT molecular complexity index is 1000. The molecule has 0 radical (unpaired) electrons. The second-order valence-electron chi connectivity index (χ2n) is 8.64. The lowest BCUT2D eigenvalue weighted by Gasteiger charge is -2.24. The van der Waals surface area contributed by atoms with E-state index in [4.69, 9.17) is 21.0 Å². The molecule has 0 saturated heterocycles.